The van der Waals surface area contributed by atoms with Gasteiger partial charge in [-0.05, 0) is 12.1 Å². The summed E-state index contributed by atoms with van der Waals surface area (Å²) >= 11 is 1.35. The summed E-state index contributed by atoms with van der Waals surface area (Å²) in [7, 11) is 0. The lowest BCUT2D eigenvalue weighted by Gasteiger charge is -2.12. The molecule has 4 rings (SSSR count). The topological polar surface area (TPSA) is 70.1 Å². The van der Waals surface area contributed by atoms with E-state index < -0.39 is 6.36 Å². The van der Waals surface area contributed by atoms with Gasteiger partial charge in [-0.15, -0.1) is 23.4 Å². The van der Waals surface area contributed by atoms with Crippen LogP contribution in [0.2, 0.25) is 0 Å². The van der Waals surface area contributed by atoms with Crippen molar-refractivity contribution >= 4 is 16.3 Å². The summed E-state index contributed by atoms with van der Waals surface area (Å²) in [6.45, 7) is 0.480. The van der Waals surface area contributed by atoms with E-state index in [0.717, 1.165) is 5.01 Å². The number of benzene rings is 1. The Bertz CT molecular complexity index is 1020. The number of nitrogens with zero attached hydrogens (tertiary/aromatic N) is 6. The Kier molecular flexibility index (Phi) is 4.07. The minimum absolute atomic E-state index is 0.109. The van der Waals surface area contributed by atoms with Crippen LogP contribution in [0.4, 0.5) is 13.2 Å². The Morgan fingerprint density at radius 3 is 2.73 bits per heavy atom. The fourth-order valence-corrected chi connectivity index (χ4v) is 3.29. The molecule has 1 aromatic carbocycles. The lowest BCUT2D eigenvalue weighted by Crippen LogP contribution is -2.18. The summed E-state index contributed by atoms with van der Waals surface area (Å²) in [6.07, 6.45) is -1.16. The summed E-state index contributed by atoms with van der Waals surface area (Å²) < 4.78 is 45.0. The maximum Gasteiger partial charge on any atom is 0.573 e. The van der Waals surface area contributed by atoms with Gasteiger partial charge in [0.25, 0.3) is 0 Å². The number of halogens is 3. The third-order valence-electron chi connectivity index (χ3n) is 3.50. The largest absolute Gasteiger partial charge is 0.573 e. The second-order valence-electron chi connectivity index (χ2n) is 5.34. The molecule has 0 saturated heterocycles. The summed E-state index contributed by atoms with van der Waals surface area (Å²) in [5.41, 5.74) is 0.348. The van der Waals surface area contributed by atoms with Gasteiger partial charge in [-0.2, -0.15) is 14.7 Å². The molecule has 0 spiro atoms. The average molecular weight is 380 g/mol. The lowest BCUT2D eigenvalue weighted by molar-refractivity contribution is -0.274. The third kappa shape index (κ3) is 3.52. The maximum absolute atomic E-state index is 12.6. The number of para-hydroxylation sites is 1. The molecule has 134 valence electrons. The number of ether oxygens (including phenoxy) is 1. The number of aromatic nitrogens is 6. The van der Waals surface area contributed by atoms with Crippen molar-refractivity contribution in [3.05, 3.63) is 59.1 Å². The fourth-order valence-electron chi connectivity index (χ4n) is 2.45. The van der Waals surface area contributed by atoms with Gasteiger partial charge in [0, 0.05) is 24.4 Å². The fraction of sp³-hybridized carbons (Fsp3) is 0.200. The first kappa shape index (κ1) is 16.5. The van der Waals surface area contributed by atoms with Crippen molar-refractivity contribution in [2.75, 3.05) is 0 Å². The van der Waals surface area contributed by atoms with E-state index in [9.17, 15) is 13.2 Å². The molecule has 4 aromatic rings. The van der Waals surface area contributed by atoms with Crippen LogP contribution in [0.3, 0.4) is 0 Å². The van der Waals surface area contributed by atoms with Gasteiger partial charge in [0.05, 0.1) is 6.54 Å². The highest BCUT2D eigenvalue weighted by Gasteiger charge is 2.32. The molecule has 11 heteroatoms. The van der Waals surface area contributed by atoms with E-state index in [-0.39, 0.29) is 12.2 Å². The molecule has 0 aliphatic carbocycles. The van der Waals surface area contributed by atoms with Crippen molar-refractivity contribution in [1.29, 1.82) is 0 Å². The van der Waals surface area contributed by atoms with E-state index in [4.69, 9.17) is 0 Å². The molecule has 3 heterocycles. The summed E-state index contributed by atoms with van der Waals surface area (Å²) in [4.78, 5) is 0.566. The second kappa shape index (κ2) is 6.41. The van der Waals surface area contributed by atoms with Crippen molar-refractivity contribution in [2.24, 2.45) is 0 Å². The first-order valence-electron chi connectivity index (χ1n) is 7.49. The average Bonchev–Trinajstić information content (AvgIpc) is 3.28. The van der Waals surface area contributed by atoms with Crippen molar-refractivity contribution < 1.29 is 17.9 Å². The zero-order valence-corrected chi connectivity index (χ0v) is 13.9. The zero-order chi connectivity index (χ0) is 18.1. The summed E-state index contributed by atoms with van der Waals surface area (Å²) in [5, 5.41) is 17.4. The number of hydrogen-bond acceptors (Lipinski definition) is 6. The standard InChI is InChI=1S/C15H11F3N6OS/c16-15(17,18)25-11-5-2-1-4-10(11)8-12-20-21-14-24(12)22-13(26-14)9-23-7-3-6-19-23/h1-7H,8-9H2. The van der Waals surface area contributed by atoms with Crippen LogP contribution >= 0.6 is 11.3 Å². The molecule has 26 heavy (non-hydrogen) atoms. The Morgan fingerprint density at radius 1 is 1.12 bits per heavy atom. The maximum atomic E-state index is 12.6. The van der Waals surface area contributed by atoms with Crippen molar-refractivity contribution in [2.45, 2.75) is 19.3 Å². The van der Waals surface area contributed by atoms with Crippen LogP contribution in [-0.4, -0.2) is 36.0 Å². The van der Waals surface area contributed by atoms with Gasteiger partial charge in [-0.25, -0.2) is 0 Å². The minimum atomic E-state index is -4.76. The zero-order valence-electron chi connectivity index (χ0n) is 13.1. The predicted octanol–water partition coefficient (Wildman–Crippen LogP) is 2.92. The molecular weight excluding hydrogens is 369 g/mol. The van der Waals surface area contributed by atoms with Gasteiger partial charge in [0.15, 0.2) is 5.82 Å². The van der Waals surface area contributed by atoms with Gasteiger partial charge in [-0.3, -0.25) is 4.68 Å². The molecule has 0 amide bonds. The van der Waals surface area contributed by atoms with E-state index >= 15 is 0 Å². The van der Waals surface area contributed by atoms with Crippen LogP contribution in [0.25, 0.3) is 4.96 Å². The quantitative estimate of drug-likeness (QED) is 0.532. The normalized spacial score (nSPS) is 12.0. The monoisotopic (exact) mass is 380 g/mol. The molecule has 7 nitrogen and oxygen atoms in total. The molecule has 0 N–H and O–H groups in total. The molecular formula is C15H11F3N6OS. The molecule has 3 aromatic heterocycles. The van der Waals surface area contributed by atoms with E-state index in [0.29, 0.717) is 22.9 Å². The highest BCUT2D eigenvalue weighted by Crippen LogP contribution is 2.28. The van der Waals surface area contributed by atoms with Crippen LogP contribution in [-0.2, 0) is 13.0 Å². The minimum Gasteiger partial charge on any atom is -0.405 e. The number of alkyl halides is 3. The molecule has 0 bridgehead atoms. The lowest BCUT2D eigenvalue weighted by atomic mass is 10.1. The van der Waals surface area contributed by atoms with E-state index in [1.807, 2.05) is 12.3 Å². The number of hydrogen-bond donors (Lipinski definition) is 0. The molecule has 0 radical (unpaired) electrons. The molecule has 0 atom stereocenters. The Hall–Kier alpha value is -2.95. The van der Waals surface area contributed by atoms with Gasteiger partial charge >= 0.3 is 6.36 Å². The van der Waals surface area contributed by atoms with Gasteiger partial charge in [0.1, 0.15) is 10.8 Å². The first-order valence-corrected chi connectivity index (χ1v) is 8.31. The molecule has 0 aliphatic rings. The molecule has 0 unspecified atom stereocenters. The molecule has 0 aliphatic heterocycles. The van der Waals surface area contributed by atoms with Gasteiger partial charge in [-0.1, -0.05) is 29.5 Å². The second-order valence-corrected chi connectivity index (χ2v) is 6.38. The Balaban J connectivity index is 1.61. The van der Waals surface area contributed by atoms with Gasteiger partial charge in [0.2, 0.25) is 4.96 Å². The van der Waals surface area contributed by atoms with Crippen LogP contribution in [0.1, 0.15) is 16.4 Å². The smallest absolute Gasteiger partial charge is 0.405 e. The molecule has 0 saturated carbocycles. The predicted molar refractivity (Wildman–Crippen MR) is 85.9 cm³/mol. The van der Waals surface area contributed by atoms with Crippen molar-refractivity contribution in [1.82, 2.24) is 29.6 Å². The van der Waals surface area contributed by atoms with Crippen LogP contribution in [0.15, 0.2) is 42.7 Å². The Morgan fingerprint density at radius 2 is 1.96 bits per heavy atom. The number of fused-ring (bicyclic) bond motifs is 1. The highest BCUT2D eigenvalue weighted by molar-refractivity contribution is 7.16. The van der Waals surface area contributed by atoms with Crippen LogP contribution < -0.4 is 4.74 Å². The highest BCUT2D eigenvalue weighted by atomic mass is 32.1. The molecule has 0 fully saturated rings. The summed E-state index contributed by atoms with van der Waals surface area (Å²) in [6, 6.07) is 7.75. The third-order valence-corrected chi connectivity index (χ3v) is 4.38. The van der Waals surface area contributed by atoms with Crippen LogP contribution in [0, 0.1) is 0 Å². The van der Waals surface area contributed by atoms with Crippen molar-refractivity contribution in [3.63, 3.8) is 0 Å². The van der Waals surface area contributed by atoms with Gasteiger partial charge < -0.3 is 4.74 Å². The van der Waals surface area contributed by atoms with E-state index in [1.165, 1.54) is 28.0 Å². The van der Waals surface area contributed by atoms with Crippen molar-refractivity contribution in [3.8, 4) is 5.75 Å². The summed E-state index contributed by atoms with van der Waals surface area (Å²) in [5.74, 6) is 0.171. The number of rotatable bonds is 5. The SMILES string of the molecule is FC(F)(F)Oc1ccccc1Cc1nnc2sc(Cn3cccn3)nn12. The Labute approximate surface area is 148 Å². The van der Waals surface area contributed by atoms with E-state index in [2.05, 4.69) is 25.1 Å². The first-order chi connectivity index (χ1) is 12.5. The van der Waals surface area contributed by atoms with Crippen LogP contribution in [0.5, 0.6) is 5.75 Å². The van der Waals surface area contributed by atoms with E-state index in [1.54, 1.807) is 23.0 Å².